The number of carbonyl (C=O) groups excluding carboxylic acids is 1. The van der Waals surface area contributed by atoms with E-state index in [1.165, 1.54) is 5.56 Å². The minimum atomic E-state index is -0.304. The number of nitrogens with zero attached hydrogens (tertiary/aromatic N) is 1. The highest BCUT2D eigenvalue weighted by Gasteiger charge is 2.55. The van der Waals surface area contributed by atoms with Crippen molar-refractivity contribution < 1.29 is 9.72 Å². The molecule has 4 aliphatic rings. The second kappa shape index (κ2) is 4.56. The van der Waals surface area contributed by atoms with Gasteiger partial charge in [-0.1, -0.05) is 13.0 Å². The van der Waals surface area contributed by atoms with Crippen LogP contribution in [0.2, 0.25) is 0 Å². The lowest BCUT2D eigenvalue weighted by molar-refractivity contribution is -0.385. The Morgan fingerprint density at radius 3 is 2.48 bits per heavy atom. The molecule has 2 fully saturated rings. The molecule has 122 valence electrons. The molecule has 0 radical (unpaired) electrons. The summed E-state index contributed by atoms with van der Waals surface area (Å²) < 4.78 is 0. The molecule has 5 nitrogen and oxygen atoms in total. The third-order valence-corrected chi connectivity index (χ3v) is 6.12. The fourth-order valence-corrected chi connectivity index (χ4v) is 5.91. The molecule has 4 unspecified atom stereocenters. The van der Waals surface area contributed by atoms with Crippen LogP contribution in [0.15, 0.2) is 18.2 Å². The van der Waals surface area contributed by atoms with Crippen LogP contribution in [0.1, 0.15) is 68.9 Å². The van der Waals surface area contributed by atoms with Gasteiger partial charge in [0.2, 0.25) is 5.91 Å². The molecule has 5 heteroatoms. The summed E-state index contributed by atoms with van der Waals surface area (Å²) in [6, 6.07) is 5.39. The van der Waals surface area contributed by atoms with E-state index < -0.39 is 0 Å². The Labute approximate surface area is 135 Å². The smallest absolute Gasteiger partial charge is 0.269 e. The SMILES string of the molecule is CC(=O)NC12CC3CC(C)(CC(C1)c1cc([N+](=O)[O-])ccc13)C2. The molecule has 4 atom stereocenters. The van der Waals surface area contributed by atoms with Crippen LogP contribution in [0, 0.1) is 15.5 Å². The number of hydrogen-bond donors (Lipinski definition) is 1. The van der Waals surface area contributed by atoms with Crippen molar-refractivity contribution in [2.24, 2.45) is 5.41 Å². The van der Waals surface area contributed by atoms with Crippen molar-refractivity contribution in [3.63, 3.8) is 0 Å². The summed E-state index contributed by atoms with van der Waals surface area (Å²) in [6.07, 6.45) is 5.09. The van der Waals surface area contributed by atoms with Crippen molar-refractivity contribution in [3.05, 3.63) is 39.4 Å². The van der Waals surface area contributed by atoms with E-state index in [-0.39, 0.29) is 27.5 Å². The standard InChI is InChI=1S/C18H22N2O3/c1-11(21)19-18-8-12-6-17(2,10-18)7-13(9-18)16-5-14(20(22)23)3-4-15(12)16/h3-5,12-13H,6-10H2,1-2H3,(H,19,21). The average molecular weight is 314 g/mol. The Morgan fingerprint density at radius 1 is 1.22 bits per heavy atom. The molecule has 1 aromatic carbocycles. The molecule has 0 aromatic heterocycles. The lowest BCUT2D eigenvalue weighted by atomic mass is 9.55. The molecule has 0 heterocycles. The number of hydrogen-bond acceptors (Lipinski definition) is 3. The van der Waals surface area contributed by atoms with Crippen LogP contribution in [0.5, 0.6) is 0 Å². The summed E-state index contributed by atoms with van der Waals surface area (Å²) in [7, 11) is 0. The van der Waals surface area contributed by atoms with Crippen LogP contribution in [0.25, 0.3) is 0 Å². The predicted molar refractivity (Wildman–Crippen MR) is 86.3 cm³/mol. The van der Waals surface area contributed by atoms with Gasteiger partial charge in [0.25, 0.3) is 5.69 Å². The van der Waals surface area contributed by atoms with Gasteiger partial charge in [0.1, 0.15) is 0 Å². The maximum Gasteiger partial charge on any atom is 0.269 e. The number of rotatable bonds is 2. The van der Waals surface area contributed by atoms with Crippen molar-refractivity contribution in [2.75, 3.05) is 0 Å². The predicted octanol–water partition coefficient (Wildman–Crippen LogP) is 3.63. The molecule has 1 amide bonds. The van der Waals surface area contributed by atoms with E-state index in [2.05, 4.69) is 12.2 Å². The van der Waals surface area contributed by atoms with Crippen LogP contribution in [-0.4, -0.2) is 16.4 Å². The fourth-order valence-electron chi connectivity index (χ4n) is 5.91. The van der Waals surface area contributed by atoms with E-state index in [0.717, 1.165) is 37.7 Å². The quantitative estimate of drug-likeness (QED) is 0.669. The van der Waals surface area contributed by atoms with Crippen molar-refractivity contribution in [1.29, 1.82) is 0 Å². The number of non-ortho nitro benzene ring substituents is 1. The third kappa shape index (κ3) is 2.25. The van der Waals surface area contributed by atoms with E-state index >= 15 is 0 Å². The van der Waals surface area contributed by atoms with E-state index in [9.17, 15) is 14.9 Å². The highest BCUT2D eigenvalue weighted by Crippen LogP contribution is 2.63. The fraction of sp³-hybridized carbons (Fsp3) is 0.611. The molecule has 4 bridgehead atoms. The first-order valence-corrected chi connectivity index (χ1v) is 8.36. The molecule has 4 aliphatic carbocycles. The van der Waals surface area contributed by atoms with Gasteiger partial charge in [-0.3, -0.25) is 14.9 Å². The number of benzene rings is 1. The van der Waals surface area contributed by atoms with Crippen LogP contribution in [0.4, 0.5) is 5.69 Å². The van der Waals surface area contributed by atoms with Gasteiger partial charge in [-0.05, 0) is 60.5 Å². The second-order valence-electron chi connectivity index (χ2n) is 8.23. The van der Waals surface area contributed by atoms with Crippen LogP contribution in [-0.2, 0) is 4.79 Å². The average Bonchev–Trinajstić information content (AvgIpc) is 2.56. The monoisotopic (exact) mass is 314 g/mol. The van der Waals surface area contributed by atoms with Gasteiger partial charge in [0.05, 0.1) is 4.92 Å². The van der Waals surface area contributed by atoms with Gasteiger partial charge in [-0.15, -0.1) is 0 Å². The van der Waals surface area contributed by atoms with E-state index in [1.54, 1.807) is 19.1 Å². The highest BCUT2D eigenvalue weighted by atomic mass is 16.6. The maximum absolute atomic E-state index is 11.8. The van der Waals surface area contributed by atoms with Crippen molar-refractivity contribution in [3.8, 4) is 0 Å². The molecule has 2 saturated carbocycles. The summed E-state index contributed by atoms with van der Waals surface area (Å²) in [5, 5.41) is 14.4. The third-order valence-electron chi connectivity index (χ3n) is 6.12. The van der Waals surface area contributed by atoms with E-state index in [1.807, 2.05) is 6.07 Å². The zero-order valence-electron chi connectivity index (χ0n) is 13.6. The zero-order chi connectivity index (χ0) is 16.4. The topological polar surface area (TPSA) is 72.2 Å². The molecule has 0 aliphatic heterocycles. The van der Waals surface area contributed by atoms with Gasteiger partial charge in [-0.2, -0.15) is 0 Å². The normalized spacial score (nSPS) is 37.1. The van der Waals surface area contributed by atoms with Crippen molar-refractivity contribution >= 4 is 11.6 Å². The number of amides is 1. The maximum atomic E-state index is 11.8. The number of nitro groups is 1. The summed E-state index contributed by atoms with van der Waals surface area (Å²) in [5.74, 6) is 0.734. The van der Waals surface area contributed by atoms with Crippen molar-refractivity contribution in [1.82, 2.24) is 5.32 Å². The first kappa shape index (κ1) is 14.7. The van der Waals surface area contributed by atoms with Gasteiger partial charge in [0.15, 0.2) is 0 Å². The summed E-state index contributed by atoms with van der Waals surface area (Å²) >= 11 is 0. The lowest BCUT2D eigenvalue weighted by Crippen LogP contribution is -2.57. The van der Waals surface area contributed by atoms with Gasteiger partial charge < -0.3 is 5.32 Å². The second-order valence-corrected chi connectivity index (χ2v) is 8.23. The molecule has 1 aromatic rings. The van der Waals surface area contributed by atoms with Crippen LogP contribution < -0.4 is 5.32 Å². The summed E-state index contributed by atoms with van der Waals surface area (Å²) in [5.41, 5.74) is 2.68. The molecule has 1 N–H and O–H groups in total. The minimum absolute atomic E-state index is 0.0330. The van der Waals surface area contributed by atoms with Gasteiger partial charge >= 0.3 is 0 Å². The van der Waals surface area contributed by atoms with Crippen LogP contribution >= 0.6 is 0 Å². The van der Waals surface area contributed by atoms with Gasteiger partial charge in [0, 0.05) is 24.6 Å². The van der Waals surface area contributed by atoms with E-state index in [4.69, 9.17) is 0 Å². The molecule has 5 rings (SSSR count). The largest absolute Gasteiger partial charge is 0.351 e. The van der Waals surface area contributed by atoms with Crippen molar-refractivity contribution in [2.45, 2.75) is 63.3 Å². The molecule has 23 heavy (non-hydrogen) atoms. The Kier molecular flexibility index (Phi) is 2.91. The lowest BCUT2D eigenvalue weighted by Gasteiger charge is -2.54. The highest BCUT2D eigenvalue weighted by molar-refractivity contribution is 5.74. The molecular formula is C18H22N2O3. The first-order valence-electron chi connectivity index (χ1n) is 8.36. The Balaban J connectivity index is 1.83. The molecule has 0 saturated heterocycles. The number of nitrogens with one attached hydrogen (secondary N) is 1. The van der Waals surface area contributed by atoms with Gasteiger partial charge in [-0.25, -0.2) is 0 Å². The zero-order valence-corrected chi connectivity index (χ0v) is 13.6. The van der Waals surface area contributed by atoms with Crippen LogP contribution in [0.3, 0.4) is 0 Å². The number of carbonyl (C=O) groups is 1. The molecule has 0 spiro atoms. The summed E-state index contributed by atoms with van der Waals surface area (Å²) in [4.78, 5) is 22.6. The Bertz CT molecular complexity index is 716. The first-order chi connectivity index (χ1) is 10.8. The van der Waals surface area contributed by atoms with E-state index in [0.29, 0.717) is 11.8 Å². The Morgan fingerprint density at radius 2 is 1.87 bits per heavy atom. The summed E-state index contributed by atoms with van der Waals surface area (Å²) in [6.45, 7) is 3.91. The number of nitro benzene ring substituents is 1. The minimum Gasteiger partial charge on any atom is -0.351 e. The Hall–Kier alpha value is -1.91. The molecular weight excluding hydrogens is 292 g/mol.